The molecule has 29 heavy (non-hydrogen) atoms. The largest absolute Gasteiger partial charge is 0.457 e. The Hall–Kier alpha value is -4.00. The third-order valence-electron chi connectivity index (χ3n) is 4.67. The van der Waals surface area contributed by atoms with E-state index >= 15 is 0 Å². The fraction of sp³-hybridized carbons (Fsp3) is 0.0909. The van der Waals surface area contributed by atoms with Crippen molar-refractivity contribution >= 4 is 17.5 Å². The van der Waals surface area contributed by atoms with Crippen LogP contribution >= 0.6 is 0 Å². The first kappa shape index (κ1) is 18.4. The Labute approximate surface area is 166 Å². The van der Waals surface area contributed by atoms with E-state index in [4.69, 9.17) is 4.74 Å². The first-order chi connectivity index (χ1) is 14.0. The fourth-order valence-corrected chi connectivity index (χ4v) is 3.22. The monoisotopic (exact) mass is 388 g/mol. The maximum absolute atomic E-state index is 12.7. The van der Waals surface area contributed by atoms with Crippen molar-refractivity contribution in [2.45, 2.75) is 6.42 Å². The normalized spacial score (nSPS) is 12.8. The second-order valence-electron chi connectivity index (χ2n) is 6.56. The SMILES string of the molecule is O=C1c2ccc(Oc3cccc([N+](=O)[O-])c3)cc2C(=O)N1CCc1ccccc1. The summed E-state index contributed by atoms with van der Waals surface area (Å²) in [7, 11) is 0. The van der Waals surface area contributed by atoms with Crippen LogP contribution in [0.2, 0.25) is 0 Å². The number of hydrogen-bond donors (Lipinski definition) is 0. The second-order valence-corrected chi connectivity index (χ2v) is 6.56. The Morgan fingerprint density at radius 2 is 1.55 bits per heavy atom. The van der Waals surface area contributed by atoms with Gasteiger partial charge in [-0.3, -0.25) is 24.6 Å². The Bertz CT molecular complexity index is 1110. The van der Waals surface area contributed by atoms with Gasteiger partial charge in [0.1, 0.15) is 11.5 Å². The maximum Gasteiger partial charge on any atom is 0.273 e. The highest BCUT2D eigenvalue weighted by Crippen LogP contribution is 2.30. The lowest BCUT2D eigenvalue weighted by Gasteiger charge is -2.13. The molecule has 0 spiro atoms. The molecule has 0 N–H and O–H groups in total. The summed E-state index contributed by atoms with van der Waals surface area (Å²) >= 11 is 0. The van der Waals surface area contributed by atoms with Crippen molar-refractivity contribution in [2.75, 3.05) is 6.54 Å². The number of imide groups is 1. The number of fused-ring (bicyclic) bond motifs is 1. The van der Waals surface area contributed by atoms with Gasteiger partial charge in [0.25, 0.3) is 17.5 Å². The van der Waals surface area contributed by atoms with Crippen molar-refractivity contribution in [3.8, 4) is 11.5 Å². The Kier molecular flexibility index (Phi) is 4.78. The Morgan fingerprint density at radius 3 is 2.31 bits per heavy atom. The molecule has 1 aliphatic rings. The summed E-state index contributed by atoms with van der Waals surface area (Å²) in [6.07, 6.45) is 0.573. The molecule has 0 saturated carbocycles. The van der Waals surface area contributed by atoms with E-state index in [0.717, 1.165) is 5.56 Å². The van der Waals surface area contributed by atoms with Crippen LogP contribution in [0.4, 0.5) is 5.69 Å². The molecule has 3 aromatic carbocycles. The molecule has 0 aromatic heterocycles. The summed E-state index contributed by atoms with van der Waals surface area (Å²) in [6, 6.07) is 20.0. The summed E-state index contributed by atoms with van der Waals surface area (Å²) in [5.74, 6) is -0.0968. The van der Waals surface area contributed by atoms with Gasteiger partial charge in [-0.2, -0.15) is 0 Å². The number of rotatable bonds is 6. The number of non-ortho nitro benzene ring substituents is 1. The standard InChI is InChI=1S/C22H16N2O5/c25-21-19-10-9-18(29-17-8-4-7-16(13-17)24(27)28)14-20(19)22(26)23(21)12-11-15-5-2-1-3-6-15/h1-10,13-14H,11-12H2. The molecular weight excluding hydrogens is 372 g/mol. The van der Waals surface area contributed by atoms with E-state index in [-0.39, 0.29) is 35.4 Å². The third-order valence-corrected chi connectivity index (χ3v) is 4.67. The highest BCUT2D eigenvalue weighted by Gasteiger charge is 2.35. The van der Waals surface area contributed by atoms with Crippen LogP contribution in [0.25, 0.3) is 0 Å². The minimum atomic E-state index is -0.512. The average molecular weight is 388 g/mol. The van der Waals surface area contributed by atoms with Gasteiger partial charge in [-0.05, 0) is 36.2 Å². The van der Waals surface area contributed by atoms with Crippen molar-refractivity contribution in [1.29, 1.82) is 0 Å². The van der Waals surface area contributed by atoms with Crippen LogP contribution in [0.15, 0.2) is 72.8 Å². The zero-order valence-corrected chi connectivity index (χ0v) is 15.3. The number of nitro benzene ring substituents is 1. The highest BCUT2D eigenvalue weighted by atomic mass is 16.6. The van der Waals surface area contributed by atoms with E-state index in [1.807, 2.05) is 30.3 Å². The Morgan fingerprint density at radius 1 is 0.828 bits per heavy atom. The highest BCUT2D eigenvalue weighted by molar-refractivity contribution is 6.21. The number of carbonyl (C=O) groups is 2. The topological polar surface area (TPSA) is 89.7 Å². The van der Waals surface area contributed by atoms with Gasteiger partial charge in [0.15, 0.2) is 0 Å². The molecule has 2 amide bonds. The first-order valence-electron chi connectivity index (χ1n) is 8.99. The molecule has 0 fully saturated rings. The van der Waals surface area contributed by atoms with E-state index in [9.17, 15) is 19.7 Å². The van der Waals surface area contributed by atoms with Crippen molar-refractivity contribution in [3.63, 3.8) is 0 Å². The molecule has 7 nitrogen and oxygen atoms in total. The fourth-order valence-electron chi connectivity index (χ4n) is 3.22. The van der Waals surface area contributed by atoms with E-state index in [0.29, 0.717) is 17.7 Å². The predicted molar refractivity (Wildman–Crippen MR) is 105 cm³/mol. The van der Waals surface area contributed by atoms with Crippen LogP contribution in [0.3, 0.4) is 0 Å². The van der Waals surface area contributed by atoms with Crippen LogP contribution in [0, 0.1) is 10.1 Å². The molecule has 0 radical (unpaired) electrons. The van der Waals surface area contributed by atoms with Gasteiger partial charge in [-0.15, -0.1) is 0 Å². The van der Waals surface area contributed by atoms with Crippen molar-refractivity contribution in [2.24, 2.45) is 0 Å². The number of amides is 2. The Balaban J connectivity index is 1.52. The van der Waals surface area contributed by atoms with E-state index in [1.165, 1.54) is 29.2 Å². The van der Waals surface area contributed by atoms with Gasteiger partial charge >= 0.3 is 0 Å². The van der Waals surface area contributed by atoms with Gasteiger partial charge in [-0.1, -0.05) is 36.4 Å². The minimum absolute atomic E-state index is 0.0954. The summed E-state index contributed by atoms with van der Waals surface area (Å²) in [5.41, 5.74) is 1.54. The molecule has 3 aromatic rings. The summed E-state index contributed by atoms with van der Waals surface area (Å²) in [4.78, 5) is 37.0. The van der Waals surface area contributed by atoms with Gasteiger partial charge in [0, 0.05) is 12.6 Å². The lowest BCUT2D eigenvalue weighted by molar-refractivity contribution is -0.384. The van der Waals surface area contributed by atoms with E-state index in [2.05, 4.69) is 0 Å². The van der Waals surface area contributed by atoms with Gasteiger partial charge in [0.05, 0.1) is 22.1 Å². The molecule has 0 unspecified atom stereocenters. The lowest BCUT2D eigenvalue weighted by atomic mass is 10.1. The van der Waals surface area contributed by atoms with E-state index in [1.54, 1.807) is 18.2 Å². The molecule has 7 heteroatoms. The zero-order chi connectivity index (χ0) is 20.4. The third kappa shape index (κ3) is 3.70. The zero-order valence-electron chi connectivity index (χ0n) is 15.3. The molecule has 0 atom stereocenters. The van der Waals surface area contributed by atoms with E-state index < -0.39 is 4.92 Å². The van der Waals surface area contributed by atoms with Crippen molar-refractivity contribution in [1.82, 2.24) is 4.90 Å². The number of ether oxygens (including phenoxy) is 1. The first-order valence-corrected chi connectivity index (χ1v) is 8.99. The second kappa shape index (κ2) is 7.55. The number of benzene rings is 3. The number of nitrogens with zero attached hydrogens (tertiary/aromatic N) is 2. The number of nitro groups is 1. The summed E-state index contributed by atoms with van der Waals surface area (Å²) in [5, 5.41) is 10.9. The smallest absolute Gasteiger partial charge is 0.273 e. The molecule has 1 heterocycles. The quantitative estimate of drug-likeness (QED) is 0.358. The molecule has 1 aliphatic heterocycles. The molecule has 0 bridgehead atoms. The van der Waals surface area contributed by atoms with Crippen LogP contribution < -0.4 is 4.74 Å². The van der Waals surface area contributed by atoms with Gasteiger partial charge in [0.2, 0.25) is 0 Å². The molecule has 0 saturated heterocycles. The van der Waals surface area contributed by atoms with Crippen molar-refractivity contribution < 1.29 is 19.2 Å². The summed E-state index contributed by atoms with van der Waals surface area (Å²) in [6.45, 7) is 0.289. The van der Waals surface area contributed by atoms with Crippen LogP contribution in [-0.2, 0) is 6.42 Å². The average Bonchev–Trinajstić information content (AvgIpc) is 2.97. The minimum Gasteiger partial charge on any atom is -0.457 e. The maximum atomic E-state index is 12.7. The molecule has 144 valence electrons. The molecule has 4 rings (SSSR count). The van der Waals surface area contributed by atoms with Crippen LogP contribution in [-0.4, -0.2) is 28.2 Å². The van der Waals surface area contributed by atoms with Crippen molar-refractivity contribution in [3.05, 3.63) is 99.6 Å². The molecular formula is C22H16N2O5. The van der Waals surface area contributed by atoms with Gasteiger partial charge in [-0.25, -0.2) is 0 Å². The summed E-state index contributed by atoms with van der Waals surface area (Å²) < 4.78 is 5.66. The lowest BCUT2D eigenvalue weighted by Crippen LogP contribution is -2.31. The molecule has 0 aliphatic carbocycles. The van der Waals surface area contributed by atoms with Gasteiger partial charge < -0.3 is 4.74 Å². The van der Waals surface area contributed by atoms with Crippen LogP contribution in [0.1, 0.15) is 26.3 Å². The number of carbonyl (C=O) groups excluding carboxylic acids is 2. The van der Waals surface area contributed by atoms with Crippen LogP contribution in [0.5, 0.6) is 11.5 Å². The number of hydrogen-bond acceptors (Lipinski definition) is 5. The predicted octanol–water partition coefficient (Wildman–Crippen LogP) is 4.23.